The van der Waals surface area contributed by atoms with Gasteiger partial charge in [0.2, 0.25) is 5.91 Å². The molecule has 0 radical (unpaired) electrons. The van der Waals surface area contributed by atoms with Gasteiger partial charge in [-0.05, 0) is 54.5 Å². The summed E-state index contributed by atoms with van der Waals surface area (Å²) in [5, 5.41) is 4.68. The summed E-state index contributed by atoms with van der Waals surface area (Å²) in [4.78, 5) is 38.8. The predicted molar refractivity (Wildman–Crippen MR) is 128 cm³/mol. The SMILES string of the molecule is CC(CCc1ccccc1)NC(=O)Cn1c(=O)n(Cc2ccc(F)cc2)c(=O)c2sccc21. The van der Waals surface area contributed by atoms with Crippen molar-refractivity contribution in [3.05, 3.63) is 104 Å². The molecule has 4 rings (SSSR count). The molecule has 2 aromatic heterocycles. The van der Waals surface area contributed by atoms with Crippen molar-refractivity contribution in [1.29, 1.82) is 0 Å². The fraction of sp³-hybridized carbons (Fsp3) is 0.240. The molecule has 8 heteroatoms. The standard InChI is InChI=1S/C25H24FN3O3S/c1-17(7-8-18-5-3-2-4-6-18)27-22(30)16-28-21-13-14-33-23(21)24(31)29(25(28)32)15-19-9-11-20(26)12-10-19/h2-6,9-14,17H,7-8,15-16H2,1H3,(H,27,30). The van der Waals surface area contributed by atoms with Crippen LogP contribution in [0.5, 0.6) is 0 Å². The highest BCUT2D eigenvalue weighted by atomic mass is 32.1. The summed E-state index contributed by atoms with van der Waals surface area (Å²) < 4.78 is 16.1. The molecule has 1 N–H and O–H groups in total. The lowest BCUT2D eigenvalue weighted by molar-refractivity contribution is -0.122. The van der Waals surface area contributed by atoms with Crippen molar-refractivity contribution < 1.29 is 9.18 Å². The predicted octanol–water partition coefficient (Wildman–Crippen LogP) is 3.55. The molecule has 0 aliphatic rings. The van der Waals surface area contributed by atoms with Gasteiger partial charge in [-0.15, -0.1) is 11.3 Å². The van der Waals surface area contributed by atoms with Gasteiger partial charge in [-0.3, -0.25) is 18.7 Å². The average molecular weight is 466 g/mol. The number of halogens is 1. The summed E-state index contributed by atoms with van der Waals surface area (Å²) in [6, 6.07) is 17.3. The van der Waals surface area contributed by atoms with E-state index in [1.807, 2.05) is 37.3 Å². The fourth-order valence-corrected chi connectivity index (χ4v) is 4.61. The molecule has 4 aromatic rings. The summed E-state index contributed by atoms with van der Waals surface area (Å²) in [6.45, 7) is 1.74. The Balaban J connectivity index is 1.53. The molecule has 0 bridgehead atoms. The third-order valence-corrected chi connectivity index (χ3v) is 6.40. The Morgan fingerprint density at radius 2 is 1.73 bits per heavy atom. The van der Waals surface area contributed by atoms with E-state index in [0.29, 0.717) is 15.8 Å². The molecule has 33 heavy (non-hydrogen) atoms. The van der Waals surface area contributed by atoms with Crippen molar-refractivity contribution in [3.63, 3.8) is 0 Å². The Labute approximate surface area is 193 Å². The number of amides is 1. The molecule has 0 saturated heterocycles. The fourth-order valence-electron chi connectivity index (χ4n) is 3.76. The van der Waals surface area contributed by atoms with Gasteiger partial charge >= 0.3 is 5.69 Å². The first-order valence-electron chi connectivity index (χ1n) is 10.7. The lowest BCUT2D eigenvalue weighted by Gasteiger charge is -2.16. The van der Waals surface area contributed by atoms with Crippen molar-refractivity contribution in [3.8, 4) is 0 Å². The largest absolute Gasteiger partial charge is 0.352 e. The van der Waals surface area contributed by atoms with Gasteiger partial charge < -0.3 is 5.32 Å². The zero-order valence-corrected chi connectivity index (χ0v) is 19.0. The summed E-state index contributed by atoms with van der Waals surface area (Å²) >= 11 is 1.23. The van der Waals surface area contributed by atoms with Crippen molar-refractivity contribution in [2.75, 3.05) is 0 Å². The van der Waals surface area contributed by atoms with Crippen LogP contribution in [0.15, 0.2) is 75.6 Å². The summed E-state index contributed by atoms with van der Waals surface area (Å²) in [6.07, 6.45) is 1.60. The Hall–Kier alpha value is -3.52. The molecule has 0 aliphatic heterocycles. The lowest BCUT2D eigenvalue weighted by Crippen LogP contribution is -2.43. The van der Waals surface area contributed by atoms with Gasteiger partial charge in [-0.25, -0.2) is 9.18 Å². The number of benzene rings is 2. The molecule has 2 heterocycles. The van der Waals surface area contributed by atoms with E-state index >= 15 is 0 Å². The number of nitrogens with zero attached hydrogens (tertiary/aromatic N) is 2. The Bertz CT molecular complexity index is 1370. The number of fused-ring (bicyclic) bond motifs is 1. The minimum atomic E-state index is -0.567. The van der Waals surface area contributed by atoms with E-state index in [0.717, 1.165) is 17.4 Å². The molecular weight excluding hydrogens is 441 g/mol. The van der Waals surface area contributed by atoms with Crippen LogP contribution in [-0.2, 0) is 24.3 Å². The third kappa shape index (κ3) is 5.28. The molecule has 0 saturated carbocycles. The maximum Gasteiger partial charge on any atom is 0.332 e. The Morgan fingerprint density at radius 1 is 1.00 bits per heavy atom. The number of aromatic nitrogens is 2. The molecule has 1 unspecified atom stereocenters. The Kier molecular flexibility index (Phi) is 6.84. The quantitative estimate of drug-likeness (QED) is 0.433. The van der Waals surface area contributed by atoms with Crippen LogP contribution >= 0.6 is 11.3 Å². The number of carbonyl (C=O) groups excluding carboxylic acids is 1. The van der Waals surface area contributed by atoms with Gasteiger partial charge in [0.05, 0.1) is 12.1 Å². The van der Waals surface area contributed by atoms with Crippen LogP contribution < -0.4 is 16.6 Å². The minimum Gasteiger partial charge on any atom is -0.352 e. The van der Waals surface area contributed by atoms with E-state index in [4.69, 9.17) is 0 Å². The maximum atomic E-state index is 13.2. The van der Waals surface area contributed by atoms with Gasteiger partial charge in [0.15, 0.2) is 0 Å². The lowest BCUT2D eigenvalue weighted by atomic mass is 10.1. The van der Waals surface area contributed by atoms with E-state index in [2.05, 4.69) is 5.32 Å². The summed E-state index contributed by atoms with van der Waals surface area (Å²) in [7, 11) is 0. The van der Waals surface area contributed by atoms with Gasteiger partial charge in [0.25, 0.3) is 5.56 Å². The topological polar surface area (TPSA) is 73.1 Å². The molecule has 1 amide bonds. The van der Waals surface area contributed by atoms with Gasteiger partial charge in [0, 0.05) is 6.04 Å². The van der Waals surface area contributed by atoms with Gasteiger partial charge in [0.1, 0.15) is 17.1 Å². The number of hydrogen-bond acceptors (Lipinski definition) is 4. The van der Waals surface area contributed by atoms with E-state index in [1.165, 1.54) is 45.7 Å². The normalized spacial score (nSPS) is 12.1. The Morgan fingerprint density at radius 3 is 2.45 bits per heavy atom. The number of carbonyl (C=O) groups is 1. The zero-order chi connectivity index (χ0) is 23.4. The summed E-state index contributed by atoms with van der Waals surface area (Å²) in [5.41, 5.74) is 1.28. The molecule has 170 valence electrons. The molecule has 0 fully saturated rings. The van der Waals surface area contributed by atoms with Gasteiger partial charge in [-0.1, -0.05) is 42.5 Å². The highest BCUT2D eigenvalue weighted by Crippen LogP contribution is 2.16. The van der Waals surface area contributed by atoms with Crippen LogP contribution in [-0.4, -0.2) is 21.1 Å². The highest BCUT2D eigenvalue weighted by molar-refractivity contribution is 7.17. The second kappa shape index (κ2) is 9.95. The van der Waals surface area contributed by atoms with Crippen LogP contribution in [0.4, 0.5) is 4.39 Å². The van der Waals surface area contributed by atoms with E-state index in [-0.39, 0.29) is 25.0 Å². The summed E-state index contributed by atoms with van der Waals surface area (Å²) in [5.74, 6) is -0.688. The van der Waals surface area contributed by atoms with Gasteiger partial charge in [-0.2, -0.15) is 0 Å². The molecule has 0 aliphatic carbocycles. The van der Waals surface area contributed by atoms with Crippen molar-refractivity contribution in [2.45, 2.75) is 38.9 Å². The molecular formula is C25H24FN3O3S. The van der Waals surface area contributed by atoms with Crippen LogP contribution in [0.1, 0.15) is 24.5 Å². The molecule has 1 atom stereocenters. The van der Waals surface area contributed by atoms with E-state index in [1.54, 1.807) is 11.4 Å². The molecule has 2 aromatic carbocycles. The second-order valence-electron chi connectivity index (χ2n) is 8.01. The van der Waals surface area contributed by atoms with Crippen molar-refractivity contribution in [1.82, 2.24) is 14.5 Å². The van der Waals surface area contributed by atoms with E-state index in [9.17, 15) is 18.8 Å². The number of rotatable bonds is 8. The molecule has 0 spiro atoms. The van der Waals surface area contributed by atoms with Crippen LogP contribution in [0.2, 0.25) is 0 Å². The maximum absolute atomic E-state index is 13.2. The van der Waals surface area contributed by atoms with Crippen molar-refractivity contribution in [2.24, 2.45) is 0 Å². The smallest absolute Gasteiger partial charge is 0.332 e. The zero-order valence-electron chi connectivity index (χ0n) is 18.2. The van der Waals surface area contributed by atoms with Crippen LogP contribution in [0, 0.1) is 5.82 Å². The van der Waals surface area contributed by atoms with Crippen LogP contribution in [0.25, 0.3) is 10.2 Å². The number of nitrogens with one attached hydrogen (secondary N) is 1. The second-order valence-corrected chi connectivity index (χ2v) is 8.93. The number of thiophene rings is 1. The monoisotopic (exact) mass is 465 g/mol. The van der Waals surface area contributed by atoms with Crippen molar-refractivity contribution >= 4 is 27.5 Å². The number of hydrogen-bond donors (Lipinski definition) is 1. The van der Waals surface area contributed by atoms with E-state index < -0.39 is 17.1 Å². The first-order chi connectivity index (χ1) is 15.9. The number of aryl methyl sites for hydroxylation is 1. The molecule has 6 nitrogen and oxygen atoms in total. The minimum absolute atomic E-state index is 0.000877. The van der Waals surface area contributed by atoms with Crippen LogP contribution in [0.3, 0.4) is 0 Å². The highest BCUT2D eigenvalue weighted by Gasteiger charge is 2.17. The average Bonchev–Trinajstić information content (AvgIpc) is 3.30. The first-order valence-corrected chi connectivity index (χ1v) is 11.6. The first kappa shape index (κ1) is 22.7. The third-order valence-electron chi connectivity index (χ3n) is 5.51.